The first-order chi connectivity index (χ1) is 9.58. The Balaban J connectivity index is 1.93. The molecule has 0 atom stereocenters. The van der Waals surface area contributed by atoms with Gasteiger partial charge in [0.15, 0.2) is 5.11 Å². The fourth-order valence-corrected chi connectivity index (χ4v) is 2.66. The molecule has 0 spiro atoms. The van der Waals surface area contributed by atoms with Gasteiger partial charge in [-0.2, -0.15) is 0 Å². The molecule has 2 rings (SSSR count). The lowest BCUT2D eigenvalue weighted by molar-refractivity contribution is -0.124. The highest BCUT2D eigenvalue weighted by Gasteiger charge is 2.22. The number of phenols is 1. The van der Waals surface area contributed by atoms with Gasteiger partial charge >= 0.3 is 0 Å². The van der Waals surface area contributed by atoms with Crippen LogP contribution in [0.1, 0.15) is 32.1 Å². The Morgan fingerprint density at radius 2 is 1.85 bits per heavy atom. The number of carbonyl (C=O) groups excluding carboxylic acids is 1. The molecule has 4 nitrogen and oxygen atoms in total. The smallest absolute Gasteiger partial charge is 0.229 e. The molecule has 1 aliphatic carbocycles. The van der Waals surface area contributed by atoms with Gasteiger partial charge in [0.2, 0.25) is 5.91 Å². The largest absolute Gasteiger partial charge is 0.508 e. The summed E-state index contributed by atoms with van der Waals surface area (Å²) >= 11 is 5.27. The van der Waals surface area contributed by atoms with Gasteiger partial charge in [-0.05, 0) is 49.3 Å². The molecule has 1 saturated carbocycles. The number of hydrogen-bond donors (Lipinski definition) is 2. The molecule has 1 aliphatic rings. The van der Waals surface area contributed by atoms with Crippen LogP contribution in [0.5, 0.6) is 5.75 Å². The van der Waals surface area contributed by atoms with Crippen molar-refractivity contribution in [2.24, 2.45) is 5.92 Å². The topological polar surface area (TPSA) is 52.6 Å². The van der Waals surface area contributed by atoms with E-state index in [0.29, 0.717) is 5.11 Å². The summed E-state index contributed by atoms with van der Waals surface area (Å²) < 4.78 is 0. The second kappa shape index (κ2) is 6.70. The third-order valence-corrected chi connectivity index (χ3v) is 4.12. The van der Waals surface area contributed by atoms with E-state index in [9.17, 15) is 9.90 Å². The SMILES string of the molecule is CN(C(=S)NC(=O)C1CCCCC1)c1ccc(O)cc1. The highest BCUT2D eigenvalue weighted by Crippen LogP contribution is 2.24. The molecule has 0 saturated heterocycles. The van der Waals surface area contributed by atoms with Gasteiger partial charge in [0.1, 0.15) is 5.75 Å². The van der Waals surface area contributed by atoms with Gasteiger partial charge in [-0.25, -0.2) is 0 Å². The number of carbonyl (C=O) groups is 1. The summed E-state index contributed by atoms with van der Waals surface area (Å²) in [4.78, 5) is 13.9. The lowest BCUT2D eigenvalue weighted by atomic mass is 9.89. The molecular weight excluding hydrogens is 272 g/mol. The van der Waals surface area contributed by atoms with Crippen molar-refractivity contribution in [3.63, 3.8) is 0 Å². The maximum absolute atomic E-state index is 12.1. The zero-order valence-electron chi connectivity index (χ0n) is 11.6. The third kappa shape index (κ3) is 3.70. The highest BCUT2D eigenvalue weighted by molar-refractivity contribution is 7.80. The van der Waals surface area contributed by atoms with E-state index >= 15 is 0 Å². The first-order valence-electron chi connectivity index (χ1n) is 6.95. The maximum atomic E-state index is 12.1. The number of phenolic OH excluding ortho intramolecular Hbond substituents is 1. The van der Waals surface area contributed by atoms with E-state index in [0.717, 1.165) is 31.4 Å². The molecule has 0 radical (unpaired) electrons. The Morgan fingerprint density at radius 3 is 2.45 bits per heavy atom. The second-order valence-electron chi connectivity index (χ2n) is 5.20. The Hall–Kier alpha value is -1.62. The summed E-state index contributed by atoms with van der Waals surface area (Å²) in [5, 5.41) is 12.5. The van der Waals surface area contributed by atoms with E-state index in [4.69, 9.17) is 12.2 Å². The molecule has 1 fully saturated rings. The van der Waals surface area contributed by atoms with E-state index in [1.807, 2.05) is 0 Å². The van der Waals surface area contributed by atoms with E-state index in [-0.39, 0.29) is 17.6 Å². The van der Waals surface area contributed by atoms with E-state index in [1.165, 1.54) is 6.42 Å². The van der Waals surface area contributed by atoms with Gasteiger partial charge in [0.25, 0.3) is 0 Å². The van der Waals surface area contributed by atoms with Crippen LogP contribution in [0.4, 0.5) is 5.69 Å². The van der Waals surface area contributed by atoms with E-state index < -0.39 is 0 Å². The fraction of sp³-hybridized carbons (Fsp3) is 0.467. The molecule has 2 N–H and O–H groups in total. The molecule has 20 heavy (non-hydrogen) atoms. The first kappa shape index (κ1) is 14.8. The zero-order valence-corrected chi connectivity index (χ0v) is 12.4. The summed E-state index contributed by atoms with van der Waals surface area (Å²) in [6, 6.07) is 6.71. The number of hydrogen-bond acceptors (Lipinski definition) is 3. The number of nitrogens with zero attached hydrogens (tertiary/aromatic N) is 1. The van der Waals surface area contributed by atoms with Crippen LogP contribution in [0.15, 0.2) is 24.3 Å². The zero-order chi connectivity index (χ0) is 14.5. The molecule has 5 heteroatoms. The van der Waals surface area contributed by atoms with Crippen molar-refractivity contribution < 1.29 is 9.90 Å². The highest BCUT2D eigenvalue weighted by atomic mass is 32.1. The molecule has 1 aromatic rings. The van der Waals surface area contributed by atoms with Gasteiger partial charge in [0, 0.05) is 18.7 Å². The quantitative estimate of drug-likeness (QED) is 0.823. The third-order valence-electron chi connectivity index (χ3n) is 3.75. The molecule has 1 amide bonds. The average Bonchev–Trinajstić information content (AvgIpc) is 2.48. The predicted octanol–water partition coefficient (Wildman–Crippen LogP) is 2.81. The Kier molecular flexibility index (Phi) is 4.95. The molecule has 0 heterocycles. The summed E-state index contributed by atoms with van der Waals surface area (Å²) in [6.07, 6.45) is 5.38. The lowest BCUT2D eigenvalue weighted by Crippen LogP contribution is -2.43. The van der Waals surface area contributed by atoms with Crippen molar-refractivity contribution in [3.8, 4) is 5.75 Å². The molecule has 0 aromatic heterocycles. The number of rotatable bonds is 2. The number of aromatic hydroxyl groups is 1. The van der Waals surface area contributed by atoms with Crippen molar-refractivity contribution >= 4 is 28.9 Å². The number of nitrogens with one attached hydrogen (secondary N) is 1. The summed E-state index contributed by atoms with van der Waals surface area (Å²) in [5.74, 6) is 0.328. The summed E-state index contributed by atoms with van der Waals surface area (Å²) in [7, 11) is 1.80. The maximum Gasteiger partial charge on any atom is 0.229 e. The standard InChI is InChI=1S/C15H20N2O2S/c1-17(12-7-9-13(18)10-8-12)15(20)16-14(19)11-5-3-2-4-6-11/h7-11,18H,2-6H2,1H3,(H,16,19,20). The van der Waals surface area contributed by atoms with Crippen LogP contribution in [0.2, 0.25) is 0 Å². The van der Waals surface area contributed by atoms with Crippen molar-refractivity contribution in [1.82, 2.24) is 5.32 Å². The molecule has 108 valence electrons. The van der Waals surface area contributed by atoms with Crippen LogP contribution in [0.3, 0.4) is 0 Å². The number of amides is 1. The van der Waals surface area contributed by atoms with Crippen molar-refractivity contribution in [1.29, 1.82) is 0 Å². The number of anilines is 1. The monoisotopic (exact) mass is 292 g/mol. The van der Waals surface area contributed by atoms with E-state index in [1.54, 1.807) is 36.2 Å². The minimum Gasteiger partial charge on any atom is -0.508 e. The van der Waals surface area contributed by atoms with Crippen LogP contribution in [-0.2, 0) is 4.79 Å². The Labute approximate surface area is 124 Å². The van der Waals surface area contributed by atoms with E-state index in [2.05, 4.69) is 5.32 Å². The van der Waals surface area contributed by atoms with Crippen molar-refractivity contribution in [3.05, 3.63) is 24.3 Å². The minimum absolute atomic E-state index is 0.0281. The minimum atomic E-state index is 0.0281. The van der Waals surface area contributed by atoms with Gasteiger partial charge in [-0.1, -0.05) is 19.3 Å². The molecular formula is C15H20N2O2S. The van der Waals surface area contributed by atoms with Crippen LogP contribution in [0.25, 0.3) is 0 Å². The number of thiocarbonyl (C=S) groups is 1. The van der Waals surface area contributed by atoms with Gasteiger partial charge < -0.3 is 15.3 Å². The Morgan fingerprint density at radius 1 is 1.25 bits per heavy atom. The molecule has 0 bridgehead atoms. The first-order valence-corrected chi connectivity index (χ1v) is 7.36. The second-order valence-corrected chi connectivity index (χ2v) is 5.59. The normalized spacial score (nSPS) is 15.7. The molecule has 0 unspecified atom stereocenters. The Bertz CT molecular complexity index is 481. The van der Waals surface area contributed by atoms with Gasteiger partial charge in [0.05, 0.1) is 0 Å². The van der Waals surface area contributed by atoms with Gasteiger partial charge in [-0.3, -0.25) is 4.79 Å². The summed E-state index contributed by atoms with van der Waals surface area (Å²) in [6.45, 7) is 0. The van der Waals surface area contributed by atoms with Crippen LogP contribution >= 0.6 is 12.2 Å². The van der Waals surface area contributed by atoms with Crippen molar-refractivity contribution in [2.75, 3.05) is 11.9 Å². The molecule has 0 aliphatic heterocycles. The average molecular weight is 292 g/mol. The lowest BCUT2D eigenvalue weighted by Gasteiger charge is -2.24. The predicted molar refractivity (Wildman–Crippen MR) is 83.8 cm³/mol. The number of benzene rings is 1. The van der Waals surface area contributed by atoms with Crippen LogP contribution < -0.4 is 10.2 Å². The van der Waals surface area contributed by atoms with Crippen LogP contribution in [0, 0.1) is 5.92 Å². The fourth-order valence-electron chi connectivity index (χ4n) is 2.45. The van der Waals surface area contributed by atoms with Crippen molar-refractivity contribution in [2.45, 2.75) is 32.1 Å². The molecule has 1 aromatic carbocycles. The van der Waals surface area contributed by atoms with Gasteiger partial charge in [-0.15, -0.1) is 0 Å². The summed E-state index contributed by atoms with van der Waals surface area (Å²) in [5.41, 5.74) is 0.830. The van der Waals surface area contributed by atoms with Crippen LogP contribution in [-0.4, -0.2) is 23.2 Å².